The molecule has 25 heavy (non-hydrogen) atoms. The van der Waals surface area contributed by atoms with Gasteiger partial charge in [-0.2, -0.15) is 10.1 Å². The summed E-state index contributed by atoms with van der Waals surface area (Å²) in [7, 11) is 4.08. The average molecular weight is 341 g/mol. The Bertz CT molecular complexity index is 729. The van der Waals surface area contributed by atoms with E-state index in [2.05, 4.69) is 38.4 Å². The molecular weight excluding hydrogens is 314 g/mol. The van der Waals surface area contributed by atoms with Crippen LogP contribution < -0.4 is 16.0 Å². The first kappa shape index (κ1) is 16.3. The van der Waals surface area contributed by atoms with Crippen LogP contribution in [-0.2, 0) is 7.05 Å². The van der Waals surface area contributed by atoms with Gasteiger partial charge in [-0.05, 0) is 44.6 Å². The van der Waals surface area contributed by atoms with E-state index in [0.717, 1.165) is 43.3 Å². The van der Waals surface area contributed by atoms with Gasteiger partial charge in [-0.3, -0.25) is 4.68 Å². The van der Waals surface area contributed by atoms with E-state index in [4.69, 9.17) is 5.73 Å². The summed E-state index contributed by atoms with van der Waals surface area (Å²) in [5.41, 5.74) is 7.32. The maximum absolute atomic E-state index is 6.02. The van der Waals surface area contributed by atoms with Gasteiger partial charge in [0.15, 0.2) is 5.82 Å². The molecule has 2 aliphatic rings. The fourth-order valence-electron chi connectivity index (χ4n) is 3.68. The zero-order chi connectivity index (χ0) is 17.4. The van der Waals surface area contributed by atoms with Gasteiger partial charge >= 0.3 is 0 Å². The number of rotatable bonds is 5. The fraction of sp³-hybridized carbons (Fsp3) is 0.611. The Morgan fingerprint density at radius 2 is 1.92 bits per heavy atom. The zero-order valence-electron chi connectivity index (χ0n) is 15.0. The number of nitrogens with one attached hydrogen (secondary N) is 1. The minimum Gasteiger partial charge on any atom is -0.341 e. The van der Waals surface area contributed by atoms with E-state index >= 15 is 0 Å². The van der Waals surface area contributed by atoms with E-state index in [-0.39, 0.29) is 0 Å². The number of aryl methyl sites for hydroxylation is 1. The summed E-state index contributed by atoms with van der Waals surface area (Å²) in [6.45, 7) is 0. The first-order valence-corrected chi connectivity index (χ1v) is 9.22. The van der Waals surface area contributed by atoms with Gasteiger partial charge in [-0.1, -0.05) is 0 Å². The largest absolute Gasteiger partial charge is 0.341 e. The summed E-state index contributed by atoms with van der Waals surface area (Å²) < 4.78 is 1.97. The quantitative estimate of drug-likeness (QED) is 0.869. The maximum atomic E-state index is 6.02. The molecule has 0 spiro atoms. The lowest BCUT2D eigenvalue weighted by Gasteiger charge is -2.33. The summed E-state index contributed by atoms with van der Waals surface area (Å²) in [4.78, 5) is 11.3. The van der Waals surface area contributed by atoms with Crippen molar-refractivity contribution in [3.8, 4) is 0 Å². The van der Waals surface area contributed by atoms with Gasteiger partial charge in [-0.25, -0.2) is 4.98 Å². The van der Waals surface area contributed by atoms with Crippen LogP contribution in [-0.4, -0.2) is 38.9 Å². The summed E-state index contributed by atoms with van der Waals surface area (Å²) >= 11 is 0. The van der Waals surface area contributed by atoms with Crippen LogP contribution in [0.15, 0.2) is 18.3 Å². The normalized spacial score (nSPS) is 23.5. The SMILES string of the molecule is CN(c1nccc(Nc2cc(C3CC3)n(C)n2)n1)C1CCC(N)CC1. The van der Waals surface area contributed by atoms with E-state index in [1.54, 1.807) is 6.20 Å². The van der Waals surface area contributed by atoms with Crippen molar-refractivity contribution in [3.63, 3.8) is 0 Å². The lowest BCUT2D eigenvalue weighted by atomic mass is 9.91. The molecular formula is C18H27N7. The molecule has 0 saturated heterocycles. The molecule has 7 nitrogen and oxygen atoms in total. The molecule has 0 aliphatic heterocycles. The summed E-state index contributed by atoms with van der Waals surface area (Å²) in [5, 5.41) is 7.88. The van der Waals surface area contributed by atoms with Gasteiger partial charge in [0.25, 0.3) is 0 Å². The maximum Gasteiger partial charge on any atom is 0.227 e. The molecule has 134 valence electrons. The molecule has 2 aliphatic carbocycles. The molecule has 0 amide bonds. The van der Waals surface area contributed by atoms with Crippen molar-refractivity contribution >= 4 is 17.6 Å². The molecule has 0 aromatic carbocycles. The van der Waals surface area contributed by atoms with Crippen LogP contribution in [0.1, 0.15) is 50.1 Å². The third kappa shape index (κ3) is 3.61. The van der Waals surface area contributed by atoms with Crippen LogP contribution in [0.25, 0.3) is 0 Å². The van der Waals surface area contributed by atoms with Crippen LogP contribution >= 0.6 is 0 Å². The van der Waals surface area contributed by atoms with Crippen molar-refractivity contribution in [1.82, 2.24) is 19.7 Å². The molecule has 2 aromatic rings. The predicted molar refractivity (Wildman–Crippen MR) is 99.1 cm³/mol. The summed E-state index contributed by atoms with van der Waals surface area (Å²) in [6, 6.07) is 4.83. The van der Waals surface area contributed by atoms with E-state index < -0.39 is 0 Å². The molecule has 0 atom stereocenters. The molecule has 2 heterocycles. The van der Waals surface area contributed by atoms with Crippen molar-refractivity contribution in [2.45, 2.75) is 56.5 Å². The second-order valence-electron chi connectivity index (χ2n) is 7.40. The van der Waals surface area contributed by atoms with Crippen LogP contribution in [0.2, 0.25) is 0 Å². The highest BCUT2D eigenvalue weighted by atomic mass is 15.3. The van der Waals surface area contributed by atoms with Crippen molar-refractivity contribution in [2.24, 2.45) is 12.8 Å². The van der Waals surface area contributed by atoms with E-state index in [1.165, 1.54) is 18.5 Å². The number of nitrogens with two attached hydrogens (primary N) is 1. The number of nitrogens with zero attached hydrogens (tertiary/aromatic N) is 5. The second-order valence-corrected chi connectivity index (χ2v) is 7.40. The van der Waals surface area contributed by atoms with Gasteiger partial charge in [0.2, 0.25) is 5.95 Å². The van der Waals surface area contributed by atoms with Gasteiger partial charge in [0, 0.05) is 50.1 Å². The molecule has 0 radical (unpaired) electrons. The Balaban J connectivity index is 1.46. The van der Waals surface area contributed by atoms with Gasteiger partial charge in [0.05, 0.1) is 0 Å². The predicted octanol–water partition coefficient (Wildman–Crippen LogP) is 2.54. The van der Waals surface area contributed by atoms with Crippen molar-refractivity contribution < 1.29 is 0 Å². The summed E-state index contributed by atoms with van der Waals surface area (Å²) in [5.74, 6) is 3.06. The van der Waals surface area contributed by atoms with Crippen molar-refractivity contribution in [1.29, 1.82) is 0 Å². The smallest absolute Gasteiger partial charge is 0.227 e. The Labute approximate surface area is 148 Å². The van der Waals surface area contributed by atoms with E-state index in [9.17, 15) is 0 Å². The lowest BCUT2D eigenvalue weighted by Crippen LogP contribution is -2.39. The third-order valence-electron chi connectivity index (χ3n) is 5.42. The Kier molecular flexibility index (Phi) is 4.33. The highest BCUT2D eigenvalue weighted by Crippen LogP contribution is 2.40. The van der Waals surface area contributed by atoms with Crippen molar-refractivity contribution in [3.05, 3.63) is 24.0 Å². The van der Waals surface area contributed by atoms with E-state index in [1.807, 2.05) is 17.8 Å². The molecule has 7 heteroatoms. The number of hydrogen-bond donors (Lipinski definition) is 2. The zero-order valence-corrected chi connectivity index (χ0v) is 15.0. The van der Waals surface area contributed by atoms with Gasteiger partial charge < -0.3 is 16.0 Å². The minimum atomic E-state index is 0.350. The van der Waals surface area contributed by atoms with Crippen molar-refractivity contribution in [2.75, 3.05) is 17.3 Å². The first-order chi connectivity index (χ1) is 12.1. The lowest BCUT2D eigenvalue weighted by molar-refractivity contribution is 0.382. The van der Waals surface area contributed by atoms with Crippen LogP contribution in [0.5, 0.6) is 0 Å². The average Bonchev–Trinajstić information content (AvgIpc) is 3.39. The monoisotopic (exact) mass is 341 g/mol. The molecule has 4 rings (SSSR count). The van der Waals surface area contributed by atoms with Gasteiger partial charge in [-0.15, -0.1) is 0 Å². The molecule has 2 fully saturated rings. The standard InChI is InChI=1S/C18H27N7/c1-24(14-7-5-13(19)6-8-14)18-20-10-9-16(22-18)21-17-11-15(12-3-4-12)25(2)23-17/h9-14H,3-8,19H2,1-2H3,(H,20,21,22,23). The highest BCUT2D eigenvalue weighted by Gasteiger charge is 2.27. The number of anilines is 3. The Hall–Kier alpha value is -2.15. The topological polar surface area (TPSA) is 84.9 Å². The first-order valence-electron chi connectivity index (χ1n) is 9.22. The third-order valence-corrected chi connectivity index (χ3v) is 5.42. The van der Waals surface area contributed by atoms with Crippen LogP contribution in [0.4, 0.5) is 17.6 Å². The van der Waals surface area contributed by atoms with E-state index in [0.29, 0.717) is 18.0 Å². The number of hydrogen-bond acceptors (Lipinski definition) is 6. The van der Waals surface area contributed by atoms with Crippen LogP contribution in [0.3, 0.4) is 0 Å². The van der Waals surface area contributed by atoms with Crippen LogP contribution in [0, 0.1) is 0 Å². The molecule has 3 N–H and O–H groups in total. The molecule has 2 saturated carbocycles. The highest BCUT2D eigenvalue weighted by molar-refractivity contribution is 5.54. The van der Waals surface area contributed by atoms with Gasteiger partial charge in [0.1, 0.15) is 5.82 Å². The number of aromatic nitrogens is 4. The molecule has 0 bridgehead atoms. The second kappa shape index (κ2) is 6.63. The minimum absolute atomic E-state index is 0.350. The molecule has 2 aromatic heterocycles. The molecule has 0 unspecified atom stereocenters. The Morgan fingerprint density at radius 1 is 1.16 bits per heavy atom. The fourth-order valence-corrected chi connectivity index (χ4v) is 3.68. The summed E-state index contributed by atoms with van der Waals surface area (Å²) in [6.07, 6.45) is 8.70. The Morgan fingerprint density at radius 3 is 2.64 bits per heavy atom.